The molecule has 1 fully saturated rings. The fourth-order valence-corrected chi connectivity index (χ4v) is 3.59. The average molecular weight is 284 g/mol. The van der Waals surface area contributed by atoms with Crippen molar-refractivity contribution < 1.29 is 8.42 Å². The molecular formula is C12H20N4O2S. The maximum atomic E-state index is 11.7. The van der Waals surface area contributed by atoms with Gasteiger partial charge in [0.1, 0.15) is 17.5 Å². The molecule has 2 rings (SSSR count). The lowest BCUT2D eigenvalue weighted by molar-refractivity contribution is 0.597. The molecule has 1 aliphatic heterocycles. The van der Waals surface area contributed by atoms with E-state index in [1.165, 1.54) is 0 Å². The Balaban J connectivity index is 2.34. The van der Waals surface area contributed by atoms with Crippen molar-refractivity contribution in [2.45, 2.75) is 20.3 Å². The highest BCUT2D eigenvalue weighted by Gasteiger charge is 2.22. The minimum Gasteiger partial charge on any atom is -0.373 e. The summed E-state index contributed by atoms with van der Waals surface area (Å²) in [7, 11) is -1.07. The Kier molecular flexibility index (Phi) is 3.93. The first kappa shape index (κ1) is 14.0. The van der Waals surface area contributed by atoms with Crippen molar-refractivity contribution in [3.05, 3.63) is 11.4 Å². The van der Waals surface area contributed by atoms with Gasteiger partial charge in [0.05, 0.1) is 11.5 Å². The summed E-state index contributed by atoms with van der Waals surface area (Å²) in [6.45, 7) is 5.03. The second-order valence-electron chi connectivity index (χ2n) is 4.81. The van der Waals surface area contributed by atoms with Crippen LogP contribution in [-0.2, 0) is 9.84 Å². The average Bonchev–Trinajstić information content (AvgIpc) is 2.53. The molecule has 19 heavy (non-hydrogen) atoms. The lowest BCUT2D eigenvalue weighted by Gasteiger charge is -2.24. The van der Waals surface area contributed by atoms with E-state index in [0.717, 1.165) is 23.7 Å². The van der Waals surface area contributed by atoms with E-state index in [1.54, 1.807) is 0 Å². The van der Waals surface area contributed by atoms with E-state index in [-0.39, 0.29) is 11.5 Å². The van der Waals surface area contributed by atoms with Gasteiger partial charge >= 0.3 is 0 Å². The Morgan fingerprint density at radius 1 is 1.16 bits per heavy atom. The zero-order valence-corrected chi connectivity index (χ0v) is 12.4. The maximum Gasteiger partial charge on any atom is 0.152 e. The summed E-state index contributed by atoms with van der Waals surface area (Å²) in [6, 6.07) is 0. The van der Waals surface area contributed by atoms with E-state index >= 15 is 0 Å². The van der Waals surface area contributed by atoms with Crippen LogP contribution in [0.3, 0.4) is 0 Å². The number of aryl methyl sites for hydroxylation is 1. The Morgan fingerprint density at radius 3 is 2.58 bits per heavy atom. The van der Waals surface area contributed by atoms with Crippen molar-refractivity contribution in [3.8, 4) is 0 Å². The molecule has 1 aromatic heterocycles. The van der Waals surface area contributed by atoms with Gasteiger partial charge in [-0.1, -0.05) is 0 Å². The molecule has 0 radical (unpaired) electrons. The quantitative estimate of drug-likeness (QED) is 0.864. The number of anilines is 2. The van der Waals surface area contributed by atoms with Gasteiger partial charge in [0, 0.05) is 25.7 Å². The molecule has 0 bridgehead atoms. The molecule has 0 amide bonds. The number of hydrogen-bond acceptors (Lipinski definition) is 6. The Bertz CT molecular complexity index is 571. The number of hydrogen-bond donors (Lipinski definition) is 1. The van der Waals surface area contributed by atoms with Crippen LogP contribution < -0.4 is 10.2 Å². The van der Waals surface area contributed by atoms with E-state index in [2.05, 4.69) is 20.2 Å². The van der Waals surface area contributed by atoms with Crippen LogP contribution in [0.15, 0.2) is 0 Å². The summed E-state index contributed by atoms with van der Waals surface area (Å²) in [4.78, 5) is 10.9. The predicted molar refractivity (Wildman–Crippen MR) is 76.5 cm³/mol. The first-order valence-electron chi connectivity index (χ1n) is 6.41. The molecule has 0 spiro atoms. The summed E-state index contributed by atoms with van der Waals surface area (Å²) in [5, 5.41) is 3.05. The minimum absolute atomic E-state index is 0.199. The Hall–Kier alpha value is -1.37. The third-order valence-corrected chi connectivity index (χ3v) is 5.04. The molecule has 0 saturated carbocycles. The number of aromatic nitrogens is 2. The smallest absolute Gasteiger partial charge is 0.152 e. The zero-order chi connectivity index (χ0) is 14.0. The van der Waals surface area contributed by atoms with E-state index in [0.29, 0.717) is 18.8 Å². The van der Waals surface area contributed by atoms with Crippen molar-refractivity contribution in [2.75, 3.05) is 41.9 Å². The molecule has 0 aliphatic carbocycles. The zero-order valence-electron chi connectivity index (χ0n) is 11.6. The fourth-order valence-electron chi connectivity index (χ4n) is 2.32. The summed E-state index contributed by atoms with van der Waals surface area (Å²) < 4.78 is 23.3. The van der Waals surface area contributed by atoms with Gasteiger partial charge < -0.3 is 10.2 Å². The normalized spacial score (nSPS) is 19.0. The van der Waals surface area contributed by atoms with Gasteiger partial charge in [0.2, 0.25) is 0 Å². The SMILES string of the molecule is CNc1nc(C)nc(N2CCCS(=O)(=O)CC2)c1C. The second-order valence-corrected chi connectivity index (χ2v) is 7.11. The molecule has 106 valence electrons. The van der Waals surface area contributed by atoms with Crippen molar-refractivity contribution in [1.29, 1.82) is 0 Å². The van der Waals surface area contributed by atoms with Crippen LogP contribution in [-0.4, -0.2) is 50.0 Å². The van der Waals surface area contributed by atoms with Gasteiger partial charge in [0.15, 0.2) is 9.84 Å². The van der Waals surface area contributed by atoms with Crippen LogP contribution in [0.4, 0.5) is 11.6 Å². The number of sulfone groups is 1. The predicted octanol–water partition coefficient (Wildman–Crippen LogP) is 0.760. The lowest BCUT2D eigenvalue weighted by Crippen LogP contribution is -2.29. The van der Waals surface area contributed by atoms with Crippen LogP contribution in [0.5, 0.6) is 0 Å². The number of rotatable bonds is 2. The molecule has 1 aromatic rings. The van der Waals surface area contributed by atoms with Crippen LogP contribution in [0.1, 0.15) is 17.8 Å². The van der Waals surface area contributed by atoms with Crippen LogP contribution in [0.25, 0.3) is 0 Å². The first-order chi connectivity index (χ1) is 8.93. The molecular weight excluding hydrogens is 264 g/mol. The third-order valence-electron chi connectivity index (χ3n) is 3.32. The molecule has 1 aliphatic rings. The third kappa shape index (κ3) is 3.15. The monoisotopic (exact) mass is 284 g/mol. The van der Waals surface area contributed by atoms with E-state index in [9.17, 15) is 8.42 Å². The Morgan fingerprint density at radius 2 is 1.89 bits per heavy atom. The molecule has 0 unspecified atom stereocenters. The highest BCUT2D eigenvalue weighted by Crippen LogP contribution is 2.24. The van der Waals surface area contributed by atoms with Gasteiger partial charge in [0.25, 0.3) is 0 Å². The highest BCUT2D eigenvalue weighted by atomic mass is 32.2. The molecule has 0 aromatic carbocycles. The highest BCUT2D eigenvalue weighted by molar-refractivity contribution is 7.91. The molecule has 7 heteroatoms. The topological polar surface area (TPSA) is 75.2 Å². The van der Waals surface area contributed by atoms with Gasteiger partial charge in [-0.25, -0.2) is 18.4 Å². The lowest BCUT2D eigenvalue weighted by atomic mass is 10.2. The number of nitrogens with zero attached hydrogens (tertiary/aromatic N) is 3. The van der Waals surface area contributed by atoms with Gasteiger partial charge in [-0.2, -0.15) is 0 Å². The van der Waals surface area contributed by atoms with Crippen molar-refractivity contribution >= 4 is 21.5 Å². The van der Waals surface area contributed by atoms with Crippen molar-refractivity contribution in [3.63, 3.8) is 0 Å². The van der Waals surface area contributed by atoms with Crippen LogP contribution in [0, 0.1) is 13.8 Å². The number of nitrogens with one attached hydrogen (secondary N) is 1. The molecule has 0 atom stereocenters. The first-order valence-corrected chi connectivity index (χ1v) is 8.23. The van der Waals surface area contributed by atoms with Crippen LogP contribution in [0.2, 0.25) is 0 Å². The maximum absolute atomic E-state index is 11.7. The standard InChI is InChI=1S/C12H20N4O2S/c1-9-11(13-3)14-10(2)15-12(9)16-5-4-7-19(17,18)8-6-16/h4-8H2,1-3H3,(H,13,14,15). The fraction of sp³-hybridized carbons (Fsp3) is 0.667. The summed E-state index contributed by atoms with van der Waals surface area (Å²) in [5.74, 6) is 2.80. The second kappa shape index (κ2) is 5.32. The van der Waals surface area contributed by atoms with Gasteiger partial charge in [-0.3, -0.25) is 0 Å². The summed E-state index contributed by atoms with van der Waals surface area (Å²) >= 11 is 0. The largest absolute Gasteiger partial charge is 0.373 e. The van der Waals surface area contributed by atoms with Crippen molar-refractivity contribution in [1.82, 2.24) is 9.97 Å². The van der Waals surface area contributed by atoms with Gasteiger partial charge in [-0.15, -0.1) is 0 Å². The van der Waals surface area contributed by atoms with Gasteiger partial charge in [-0.05, 0) is 20.3 Å². The minimum atomic E-state index is -2.90. The van der Waals surface area contributed by atoms with E-state index in [1.807, 2.05) is 20.9 Å². The molecule has 1 N–H and O–H groups in total. The Labute approximate surface area is 114 Å². The van der Waals surface area contributed by atoms with E-state index < -0.39 is 9.84 Å². The molecule has 6 nitrogen and oxygen atoms in total. The van der Waals surface area contributed by atoms with Crippen molar-refractivity contribution in [2.24, 2.45) is 0 Å². The molecule has 1 saturated heterocycles. The van der Waals surface area contributed by atoms with E-state index in [4.69, 9.17) is 0 Å². The summed E-state index contributed by atoms with van der Waals surface area (Å²) in [6.07, 6.45) is 0.652. The van der Waals surface area contributed by atoms with Crippen LogP contribution >= 0.6 is 0 Å². The molecule has 2 heterocycles. The summed E-state index contributed by atoms with van der Waals surface area (Å²) in [5.41, 5.74) is 0.965.